The number of rotatable bonds is 4. The molecule has 0 spiro atoms. The van der Waals surface area contributed by atoms with Gasteiger partial charge >= 0.3 is 0 Å². The van der Waals surface area contributed by atoms with Gasteiger partial charge in [-0.25, -0.2) is 0 Å². The van der Waals surface area contributed by atoms with Crippen LogP contribution in [0, 0.1) is 5.92 Å². The Morgan fingerprint density at radius 3 is 2.68 bits per heavy atom. The molecular weight excluding hydrogens is 276 g/mol. The first-order valence-corrected chi connectivity index (χ1v) is 9.72. The summed E-state index contributed by atoms with van der Waals surface area (Å²) in [6, 6.07) is 1.39. The Morgan fingerprint density at radius 2 is 2.00 bits per heavy atom. The first-order valence-electron chi connectivity index (χ1n) is 7.51. The second kappa shape index (κ2) is 6.72. The van der Waals surface area contributed by atoms with Crippen LogP contribution < -0.4 is 10.6 Å². The molecule has 0 aromatic carbocycles. The lowest BCUT2D eigenvalue weighted by Crippen LogP contribution is -2.40. The van der Waals surface area contributed by atoms with Crippen LogP contribution in [-0.2, 0) is 4.79 Å². The predicted molar refractivity (Wildman–Crippen MR) is 83.9 cm³/mol. The Bertz CT molecular complexity index is 309. The zero-order valence-electron chi connectivity index (χ0n) is 11.4. The Morgan fingerprint density at radius 1 is 1.21 bits per heavy atom. The SMILES string of the molecule is O=C(CC1CC2CCC(C1)N2)NCC1CSCCS1. The van der Waals surface area contributed by atoms with Crippen molar-refractivity contribution < 1.29 is 4.79 Å². The quantitative estimate of drug-likeness (QED) is 0.832. The third-order valence-corrected chi connectivity index (χ3v) is 7.30. The predicted octanol–water partition coefficient (Wildman–Crippen LogP) is 1.87. The minimum absolute atomic E-state index is 0.280. The molecule has 19 heavy (non-hydrogen) atoms. The molecule has 3 heterocycles. The molecule has 108 valence electrons. The Labute approximate surface area is 124 Å². The van der Waals surface area contributed by atoms with E-state index in [1.54, 1.807) is 0 Å². The van der Waals surface area contributed by atoms with E-state index in [0.29, 0.717) is 23.3 Å². The molecule has 3 aliphatic rings. The highest BCUT2D eigenvalue weighted by Gasteiger charge is 2.34. The summed E-state index contributed by atoms with van der Waals surface area (Å²) in [5.74, 6) is 4.60. The number of hydrogen-bond acceptors (Lipinski definition) is 4. The number of nitrogens with one attached hydrogen (secondary N) is 2. The van der Waals surface area contributed by atoms with Crippen LogP contribution in [0.25, 0.3) is 0 Å². The normalized spacial score (nSPS) is 38.1. The molecule has 3 rings (SSSR count). The fourth-order valence-electron chi connectivity index (χ4n) is 3.56. The van der Waals surface area contributed by atoms with E-state index in [1.165, 1.54) is 42.9 Å². The van der Waals surface area contributed by atoms with Crippen LogP contribution in [0.2, 0.25) is 0 Å². The zero-order valence-corrected chi connectivity index (χ0v) is 13.0. The summed E-state index contributed by atoms with van der Waals surface area (Å²) in [5, 5.41) is 7.43. The fourth-order valence-corrected chi connectivity index (χ4v) is 6.17. The van der Waals surface area contributed by atoms with Crippen molar-refractivity contribution in [3.63, 3.8) is 0 Å². The number of hydrogen-bond donors (Lipinski definition) is 2. The van der Waals surface area contributed by atoms with Gasteiger partial charge in [-0.15, -0.1) is 0 Å². The standard InChI is InChI=1S/C14H24N2OS2/c17-14(15-8-13-9-18-3-4-19-13)7-10-5-11-1-2-12(6-10)16-11/h10-13,16H,1-9H2,(H,15,17). The van der Waals surface area contributed by atoms with Gasteiger partial charge in [0.25, 0.3) is 0 Å². The van der Waals surface area contributed by atoms with Gasteiger partial charge in [0, 0.05) is 47.6 Å². The molecule has 3 unspecified atom stereocenters. The van der Waals surface area contributed by atoms with Crippen molar-refractivity contribution in [3.05, 3.63) is 0 Å². The Kier molecular flexibility index (Phi) is 4.98. The highest BCUT2D eigenvalue weighted by Crippen LogP contribution is 2.32. The average Bonchev–Trinajstić information content (AvgIpc) is 2.77. The summed E-state index contributed by atoms with van der Waals surface area (Å²) in [7, 11) is 0. The van der Waals surface area contributed by atoms with E-state index in [9.17, 15) is 4.79 Å². The van der Waals surface area contributed by atoms with E-state index in [0.717, 1.165) is 13.0 Å². The van der Waals surface area contributed by atoms with Gasteiger partial charge in [-0.2, -0.15) is 23.5 Å². The molecular formula is C14H24N2OS2. The van der Waals surface area contributed by atoms with E-state index >= 15 is 0 Å². The molecule has 1 amide bonds. The largest absolute Gasteiger partial charge is 0.355 e. The van der Waals surface area contributed by atoms with Crippen molar-refractivity contribution in [1.82, 2.24) is 10.6 Å². The molecule has 2 bridgehead atoms. The van der Waals surface area contributed by atoms with Gasteiger partial charge in [0.05, 0.1) is 0 Å². The third-order valence-electron chi connectivity index (χ3n) is 4.46. The van der Waals surface area contributed by atoms with E-state index in [4.69, 9.17) is 0 Å². The van der Waals surface area contributed by atoms with Crippen molar-refractivity contribution >= 4 is 29.4 Å². The molecule has 0 aromatic rings. The van der Waals surface area contributed by atoms with Crippen molar-refractivity contribution in [3.8, 4) is 0 Å². The Balaban J connectivity index is 1.36. The first-order chi connectivity index (χ1) is 9.29. The lowest BCUT2D eigenvalue weighted by atomic mass is 9.89. The van der Waals surface area contributed by atoms with Crippen molar-refractivity contribution in [2.75, 3.05) is 23.8 Å². The molecule has 0 aromatic heterocycles. The average molecular weight is 300 g/mol. The van der Waals surface area contributed by atoms with Crippen LogP contribution in [0.3, 0.4) is 0 Å². The summed E-state index contributed by atoms with van der Waals surface area (Å²) in [6.45, 7) is 0.869. The molecule has 5 heteroatoms. The van der Waals surface area contributed by atoms with Crippen LogP contribution in [0.5, 0.6) is 0 Å². The van der Waals surface area contributed by atoms with Crippen molar-refractivity contribution in [1.29, 1.82) is 0 Å². The van der Waals surface area contributed by atoms with Crippen LogP contribution in [0.4, 0.5) is 0 Å². The second-order valence-corrected chi connectivity index (χ2v) is 8.61. The minimum atomic E-state index is 0.280. The van der Waals surface area contributed by atoms with Gasteiger partial charge < -0.3 is 10.6 Å². The maximum atomic E-state index is 12.0. The van der Waals surface area contributed by atoms with E-state index in [1.807, 2.05) is 23.5 Å². The van der Waals surface area contributed by atoms with E-state index < -0.39 is 0 Å². The molecule has 0 radical (unpaired) electrons. The maximum absolute atomic E-state index is 12.0. The molecule has 0 aliphatic carbocycles. The number of fused-ring (bicyclic) bond motifs is 2. The highest BCUT2D eigenvalue weighted by molar-refractivity contribution is 8.06. The van der Waals surface area contributed by atoms with Gasteiger partial charge in [0.2, 0.25) is 5.91 Å². The van der Waals surface area contributed by atoms with Gasteiger partial charge in [0.1, 0.15) is 0 Å². The Hall–Kier alpha value is 0.130. The monoisotopic (exact) mass is 300 g/mol. The lowest BCUT2D eigenvalue weighted by molar-refractivity contribution is -0.122. The van der Waals surface area contributed by atoms with Crippen LogP contribution in [0.15, 0.2) is 0 Å². The highest BCUT2D eigenvalue weighted by atomic mass is 32.2. The zero-order chi connectivity index (χ0) is 13.1. The number of thioether (sulfide) groups is 2. The van der Waals surface area contributed by atoms with Gasteiger partial charge in [0.15, 0.2) is 0 Å². The van der Waals surface area contributed by atoms with Crippen LogP contribution in [0.1, 0.15) is 32.1 Å². The molecule has 3 fully saturated rings. The molecule has 3 nitrogen and oxygen atoms in total. The summed E-state index contributed by atoms with van der Waals surface area (Å²) in [5.41, 5.74) is 0. The third kappa shape index (κ3) is 4.05. The lowest BCUT2D eigenvalue weighted by Gasteiger charge is -2.29. The number of amides is 1. The summed E-state index contributed by atoms with van der Waals surface area (Å²) < 4.78 is 0. The van der Waals surface area contributed by atoms with Crippen LogP contribution in [-0.4, -0.2) is 47.0 Å². The number of carbonyl (C=O) groups is 1. The smallest absolute Gasteiger partial charge is 0.220 e. The number of carbonyl (C=O) groups excluding carboxylic acids is 1. The summed E-state index contributed by atoms with van der Waals surface area (Å²) in [4.78, 5) is 12.0. The van der Waals surface area contributed by atoms with Crippen molar-refractivity contribution in [2.45, 2.75) is 49.4 Å². The maximum Gasteiger partial charge on any atom is 0.220 e. The van der Waals surface area contributed by atoms with E-state index in [2.05, 4.69) is 10.6 Å². The molecule has 2 N–H and O–H groups in total. The molecule has 3 aliphatic heterocycles. The van der Waals surface area contributed by atoms with Crippen LogP contribution >= 0.6 is 23.5 Å². The summed E-state index contributed by atoms with van der Waals surface area (Å²) in [6.07, 6.45) is 5.80. The second-order valence-electron chi connectivity index (χ2n) is 6.05. The van der Waals surface area contributed by atoms with Gasteiger partial charge in [-0.1, -0.05) is 0 Å². The van der Waals surface area contributed by atoms with Gasteiger partial charge in [-0.3, -0.25) is 4.79 Å². The topological polar surface area (TPSA) is 41.1 Å². The summed E-state index contributed by atoms with van der Waals surface area (Å²) >= 11 is 4.04. The van der Waals surface area contributed by atoms with E-state index in [-0.39, 0.29) is 5.91 Å². The van der Waals surface area contributed by atoms with Gasteiger partial charge in [-0.05, 0) is 31.6 Å². The molecule has 0 saturated carbocycles. The minimum Gasteiger partial charge on any atom is -0.355 e. The molecule has 3 atom stereocenters. The molecule has 3 saturated heterocycles. The first kappa shape index (κ1) is 14.1. The fraction of sp³-hybridized carbons (Fsp3) is 0.929. The van der Waals surface area contributed by atoms with Crippen molar-refractivity contribution in [2.24, 2.45) is 5.92 Å². The number of piperidine rings is 1.